The molecule has 1 amide bonds. The zero-order valence-corrected chi connectivity index (χ0v) is 10.4. The van der Waals surface area contributed by atoms with Gasteiger partial charge >= 0.3 is 0 Å². The summed E-state index contributed by atoms with van der Waals surface area (Å²) in [6.45, 7) is 0.751. The minimum Gasteiger partial charge on any atom is -0.352 e. The van der Waals surface area contributed by atoms with E-state index in [4.69, 9.17) is 11.6 Å². The van der Waals surface area contributed by atoms with E-state index in [-0.39, 0.29) is 11.2 Å². The third-order valence-electron chi connectivity index (χ3n) is 3.16. The molecule has 0 unspecified atom stereocenters. The summed E-state index contributed by atoms with van der Waals surface area (Å²) < 4.78 is 0. The molecule has 0 aliphatic heterocycles. The fourth-order valence-corrected chi connectivity index (χ4v) is 2.26. The van der Waals surface area contributed by atoms with Gasteiger partial charge in [-0.1, -0.05) is 19.3 Å². The summed E-state index contributed by atoms with van der Waals surface area (Å²) in [5.74, 6) is 0.508. The van der Waals surface area contributed by atoms with Crippen molar-refractivity contribution in [2.75, 3.05) is 6.54 Å². The van der Waals surface area contributed by atoms with Crippen molar-refractivity contribution in [2.24, 2.45) is 5.92 Å². The number of halogens is 1. The van der Waals surface area contributed by atoms with E-state index in [2.05, 4.69) is 15.3 Å². The lowest BCUT2D eigenvalue weighted by Gasteiger charge is -2.21. The lowest BCUT2D eigenvalue weighted by Crippen LogP contribution is -2.30. The Labute approximate surface area is 106 Å². The van der Waals surface area contributed by atoms with E-state index in [1.54, 1.807) is 0 Å². The Bertz CT molecular complexity index is 374. The number of carbonyl (C=O) groups excluding carboxylic acids is 1. The maximum atomic E-state index is 11.8. The second kappa shape index (κ2) is 5.96. The first-order valence-electron chi connectivity index (χ1n) is 6.01. The Balaban J connectivity index is 1.82. The number of amides is 1. The third kappa shape index (κ3) is 3.66. The average Bonchev–Trinajstić information content (AvgIpc) is 2.38. The summed E-state index contributed by atoms with van der Waals surface area (Å²) in [4.78, 5) is 19.3. The van der Waals surface area contributed by atoms with Crippen molar-refractivity contribution >= 4 is 17.5 Å². The fourth-order valence-electron chi connectivity index (χ4n) is 2.16. The topological polar surface area (TPSA) is 54.9 Å². The standard InChI is InChI=1S/C12H16ClN3O/c13-12-15-7-10(8-16-12)11(17)14-6-9-4-2-1-3-5-9/h7-9H,1-6H2,(H,14,17). The van der Waals surface area contributed by atoms with Gasteiger partial charge in [0.15, 0.2) is 0 Å². The molecule has 1 saturated carbocycles. The normalized spacial score (nSPS) is 16.8. The van der Waals surface area contributed by atoms with Gasteiger partial charge in [0.25, 0.3) is 5.91 Å². The average molecular weight is 254 g/mol. The lowest BCUT2D eigenvalue weighted by atomic mass is 9.89. The van der Waals surface area contributed by atoms with Crippen molar-refractivity contribution in [1.29, 1.82) is 0 Å². The molecule has 1 N–H and O–H groups in total. The molecule has 0 aromatic carbocycles. The molecule has 1 aliphatic rings. The molecule has 0 bridgehead atoms. The number of carbonyl (C=O) groups is 1. The van der Waals surface area contributed by atoms with Crippen LogP contribution in [0.3, 0.4) is 0 Å². The maximum absolute atomic E-state index is 11.8. The summed E-state index contributed by atoms with van der Waals surface area (Å²) in [6, 6.07) is 0. The summed E-state index contributed by atoms with van der Waals surface area (Å²) in [7, 11) is 0. The predicted molar refractivity (Wildman–Crippen MR) is 66.0 cm³/mol. The summed E-state index contributed by atoms with van der Waals surface area (Å²) in [5.41, 5.74) is 0.463. The molecule has 5 heteroatoms. The minimum atomic E-state index is -0.118. The Morgan fingerprint density at radius 3 is 2.59 bits per heavy atom. The predicted octanol–water partition coefficient (Wildman–Crippen LogP) is 2.44. The molecular weight excluding hydrogens is 238 g/mol. The van der Waals surface area contributed by atoms with Crippen molar-refractivity contribution in [2.45, 2.75) is 32.1 Å². The Hall–Kier alpha value is -1.16. The molecule has 1 heterocycles. The number of nitrogens with one attached hydrogen (secondary N) is 1. The van der Waals surface area contributed by atoms with E-state index in [1.807, 2.05) is 0 Å². The molecular formula is C12H16ClN3O. The van der Waals surface area contributed by atoms with Crippen LogP contribution in [-0.4, -0.2) is 22.4 Å². The van der Waals surface area contributed by atoms with Crippen molar-refractivity contribution in [3.05, 3.63) is 23.2 Å². The van der Waals surface area contributed by atoms with Crippen LogP contribution in [0.1, 0.15) is 42.5 Å². The summed E-state index contributed by atoms with van der Waals surface area (Å²) in [6.07, 6.45) is 9.23. The third-order valence-corrected chi connectivity index (χ3v) is 3.35. The highest BCUT2D eigenvalue weighted by Crippen LogP contribution is 2.22. The van der Waals surface area contributed by atoms with Gasteiger partial charge in [-0.3, -0.25) is 4.79 Å². The molecule has 1 aromatic heterocycles. The fraction of sp³-hybridized carbons (Fsp3) is 0.583. The van der Waals surface area contributed by atoms with Crippen LogP contribution in [0.5, 0.6) is 0 Å². The van der Waals surface area contributed by atoms with Gasteiger partial charge in [-0.05, 0) is 30.4 Å². The lowest BCUT2D eigenvalue weighted by molar-refractivity contribution is 0.0943. The van der Waals surface area contributed by atoms with E-state index in [0.717, 1.165) is 6.54 Å². The van der Waals surface area contributed by atoms with Crippen LogP contribution in [0.25, 0.3) is 0 Å². The molecule has 0 spiro atoms. The monoisotopic (exact) mass is 253 g/mol. The van der Waals surface area contributed by atoms with E-state index in [9.17, 15) is 4.79 Å². The van der Waals surface area contributed by atoms with Gasteiger partial charge in [-0.25, -0.2) is 9.97 Å². The molecule has 0 saturated heterocycles. The molecule has 1 fully saturated rings. The van der Waals surface area contributed by atoms with Crippen molar-refractivity contribution in [3.8, 4) is 0 Å². The Kier molecular flexibility index (Phi) is 4.31. The molecule has 2 rings (SSSR count). The first-order valence-corrected chi connectivity index (χ1v) is 6.39. The van der Waals surface area contributed by atoms with Gasteiger partial charge in [-0.15, -0.1) is 0 Å². The molecule has 0 radical (unpaired) electrons. The molecule has 92 valence electrons. The van der Waals surface area contributed by atoms with E-state index < -0.39 is 0 Å². The SMILES string of the molecule is O=C(NCC1CCCCC1)c1cnc(Cl)nc1. The van der Waals surface area contributed by atoms with E-state index in [0.29, 0.717) is 11.5 Å². The molecule has 17 heavy (non-hydrogen) atoms. The van der Waals surface area contributed by atoms with Crippen molar-refractivity contribution < 1.29 is 4.79 Å². The maximum Gasteiger partial charge on any atom is 0.254 e. The number of nitrogens with zero attached hydrogens (tertiary/aromatic N) is 2. The zero-order valence-electron chi connectivity index (χ0n) is 9.66. The molecule has 4 nitrogen and oxygen atoms in total. The van der Waals surface area contributed by atoms with E-state index in [1.165, 1.54) is 44.5 Å². The number of aromatic nitrogens is 2. The minimum absolute atomic E-state index is 0.118. The second-order valence-corrected chi connectivity index (χ2v) is 4.79. The van der Waals surface area contributed by atoms with Crippen LogP contribution in [0.4, 0.5) is 0 Å². The van der Waals surface area contributed by atoms with E-state index >= 15 is 0 Å². The molecule has 1 aromatic rings. The largest absolute Gasteiger partial charge is 0.352 e. The number of hydrogen-bond acceptors (Lipinski definition) is 3. The van der Waals surface area contributed by atoms with Gasteiger partial charge in [0, 0.05) is 18.9 Å². The number of rotatable bonds is 3. The molecule has 1 aliphatic carbocycles. The first-order chi connectivity index (χ1) is 8.25. The highest BCUT2D eigenvalue weighted by Gasteiger charge is 2.15. The van der Waals surface area contributed by atoms with Crippen LogP contribution in [-0.2, 0) is 0 Å². The summed E-state index contributed by atoms with van der Waals surface area (Å²) in [5, 5.41) is 3.09. The van der Waals surface area contributed by atoms with Gasteiger partial charge in [0.1, 0.15) is 0 Å². The molecule has 0 atom stereocenters. The Morgan fingerprint density at radius 2 is 1.94 bits per heavy atom. The quantitative estimate of drug-likeness (QED) is 0.842. The van der Waals surface area contributed by atoms with Crippen LogP contribution >= 0.6 is 11.6 Å². The highest BCUT2D eigenvalue weighted by atomic mass is 35.5. The van der Waals surface area contributed by atoms with Crippen LogP contribution in [0.2, 0.25) is 5.28 Å². The van der Waals surface area contributed by atoms with Gasteiger partial charge < -0.3 is 5.32 Å². The van der Waals surface area contributed by atoms with Crippen LogP contribution in [0, 0.1) is 5.92 Å². The first kappa shape index (κ1) is 12.3. The van der Waals surface area contributed by atoms with Gasteiger partial charge in [0.05, 0.1) is 5.56 Å². The second-order valence-electron chi connectivity index (χ2n) is 4.45. The smallest absolute Gasteiger partial charge is 0.254 e. The number of hydrogen-bond donors (Lipinski definition) is 1. The van der Waals surface area contributed by atoms with Crippen LogP contribution < -0.4 is 5.32 Å². The highest BCUT2D eigenvalue weighted by molar-refractivity contribution is 6.28. The zero-order chi connectivity index (χ0) is 12.1. The van der Waals surface area contributed by atoms with Crippen molar-refractivity contribution in [1.82, 2.24) is 15.3 Å². The van der Waals surface area contributed by atoms with Crippen molar-refractivity contribution in [3.63, 3.8) is 0 Å². The summed E-state index contributed by atoms with van der Waals surface area (Å²) >= 11 is 5.56. The van der Waals surface area contributed by atoms with Gasteiger partial charge in [0.2, 0.25) is 5.28 Å². The van der Waals surface area contributed by atoms with Crippen LogP contribution in [0.15, 0.2) is 12.4 Å². The van der Waals surface area contributed by atoms with Gasteiger partial charge in [-0.2, -0.15) is 0 Å². The Morgan fingerprint density at radius 1 is 1.29 bits per heavy atom.